The number of aromatic nitrogens is 2. The average Bonchev–Trinajstić information content (AvgIpc) is 3.46. The van der Waals surface area contributed by atoms with E-state index in [1.807, 2.05) is 6.08 Å². The molecule has 0 atom stereocenters. The summed E-state index contributed by atoms with van der Waals surface area (Å²) in [6.07, 6.45) is 6.38. The molecule has 3 heteroatoms. The molecule has 50 heavy (non-hydrogen) atoms. The summed E-state index contributed by atoms with van der Waals surface area (Å²) in [7, 11) is 0. The Bertz CT molecular complexity index is 2140. The highest BCUT2D eigenvalue weighted by Gasteiger charge is 2.30. The van der Waals surface area contributed by atoms with E-state index in [9.17, 15) is 0 Å². The lowest BCUT2D eigenvalue weighted by Crippen LogP contribution is -2.55. The topological polar surface area (TPSA) is 17.8 Å². The molecule has 5 aromatic carbocycles. The Morgan fingerprint density at radius 2 is 1.16 bits per heavy atom. The van der Waals surface area contributed by atoms with Gasteiger partial charge in [-0.2, -0.15) is 0 Å². The molecule has 0 saturated carbocycles. The average molecular weight is 653 g/mol. The van der Waals surface area contributed by atoms with Crippen molar-refractivity contribution in [1.82, 2.24) is 9.55 Å². The van der Waals surface area contributed by atoms with Crippen LogP contribution in [0.2, 0.25) is 0 Å². The highest BCUT2D eigenvalue weighted by atomic mass is 15.1. The smallest absolute Gasteiger partial charge is 0.242 e. The van der Waals surface area contributed by atoms with E-state index in [2.05, 4.69) is 151 Å². The van der Waals surface area contributed by atoms with Crippen LogP contribution in [-0.4, -0.2) is 16.3 Å². The summed E-state index contributed by atoms with van der Waals surface area (Å²) in [4.78, 5) is 5.47. The maximum Gasteiger partial charge on any atom is 0.242 e. The summed E-state index contributed by atoms with van der Waals surface area (Å²) in [5.41, 5.74) is 23.4. The number of fused-ring (bicyclic) bond motifs is 1. The highest BCUT2D eigenvalue weighted by Crippen LogP contribution is 2.36. The number of hydrogen-bond donors (Lipinski definition) is 0. The predicted molar refractivity (Wildman–Crippen MR) is 217 cm³/mol. The minimum atomic E-state index is 0.115. The van der Waals surface area contributed by atoms with Gasteiger partial charge in [0, 0.05) is 11.3 Å². The summed E-state index contributed by atoms with van der Waals surface area (Å²) < 4.78 is 2.52. The molecule has 0 saturated heterocycles. The summed E-state index contributed by atoms with van der Waals surface area (Å²) in [6, 6.07) is 32.1. The molecular formula is C47H49BN2. The van der Waals surface area contributed by atoms with Crippen molar-refractivity contribution in [3.63, 3.8) is 0 Å². The van der Waals surface area contributed by atoms with Crippen molar-refractivity contribution in [1.29, 1.82) is 0 Å². The Morgan fingerprint density at radius 1 is 0.600 bits per heavy atom. The number of rotatable bonds is 7. The molecule has 0 bridgehead atoms. The van der Waals surface area contributed by atoms with Gasteiger partial charge in [-0.25, -0.2) is 4.98 Å². The first-order chi connectivity index (χ1) is 24.0. The van der Waals surface area contributed by atoms with E-state index in [1.165, 1.54) is 108 Å². The maximum atomic E-state index is 5.47. The van der Waals surface area contributed by atoms with E-state index < -0.39 is 0 Å². The molecule has 0 amide bonds. The summed E-state index contributed by atoms with van der Waals surface area (Å²) >= 11 is 0. The molecule has 1 aromatic heterocycles. The highest BCUT2D eigenvalue weighted by molar-refractivity contribution is 6.96. The zero-order valence-corrected chi connectivity index (χ0v) is 31.2. The van der Waals surface area contributed by atoms with Crippen LogP contribution < -0.4 is 16.4 Å². The fourth-order valence-corrected chi connectivity index (χ4v) is 8.89. The first kappa shape index (κ1) is 33.6. The first-order valence-corrected chi connectivity index (χ1v) is 18.2. The monoisotopic (exact) mass is 652 g/mol. The largest absolute Gasteiger partial charge is 0.296 e. The van der Waals surface area contributed by atoms with Gasteiger partial charge in [-0.3, -0.25) is 4.57 Å². The minimum absolute atomic E-state index is 0.115. The van der Waals surface area contributed by atoms with Gasteiger partial charge in [-0.15, -0.1) is 0 Å². The molecule has 1 aliphatic carbocycles. The maximum absolute atomic E-state index is 5.47. The fraction of sp³-hybridized carbons (Fsp3) is 0.255. The Morgan fingerprint density at radius 3 is 1.72 bits per heavy atom. The van der Waals surface area contributed by atoms with Crippen LogP contribution in [-0.2, 0) is 12.8 Å². The molecule has 6 aromatic rings. The fourth-order valence-electron chi connectivity index (χ4n) is 8.89. The third kappa shape index (κ3) is 6.08. The van der Waals surface area contributed by atoms with Crippen molar-refractivity contribution in [2.75, 3.05) is 0 Å². The quantitative estimate of drug-likeness (QED) is 0.157. The van der Waals surface area contributed by atoms with Crippen molar-refractivity contribution in [3.05, 3.63) is 153 Å². The molecule has 0 unspecified atom stereocenters. The van der Waals surface area contributed by atoms with Crippen LogP contribution in [0.4, 0.5) is 0 Å². The van der Waals surface area contributed by atoms with Crippen LogP contribution in [0.15, 0.2) is 91.5 Å². The standard InChI is InChI=1S/C47H49BN2/c1-10-37-18-20-38(21-19-37)40-26-35(8)46(36(9)27-40)50-43-17-12-11-16-42(43)49-47(50)39-14-13-15-41(28-39)48(44-31(4)22-29(2)23-32(44)5)45-33(6)24-30(3)25-34(45)7/h10,13-15,18-28H,1,11-12,16-17H2,2-9H3. The van der Waals surface area contributed by atoms with Crippen molar-refractivity contribution < 1.29 is 0 Å². The molecule has 0 fully saturated rings. The first-order valence-electron chi connectivity index (χ1n) is 18.2. The molecule has 250 valence electrons. The van der Waals surface area contributed by atoms with Crippen LogP contribution in [0.3, 0.4) is 0 Å². The summed E-state index contributed by atoms with van der Waals surface area (Å²) in [5.74, 6) is 1.06. The summed E-state index contributed by atoms with van der Waals surface area (Å²) in [6.45, 7) is 22.1. The van der Waals surface area contributed by atoms with Crippen molar-refractivity contribution in [3.8, 4) is 28.2 Å². The normalized spacial score (nSPS) is 12.6. The zero-order chi connectivity index (χ0) is 35.3. The lowest BCUT2D eigenvalue weighted by molar-refractivity contribution is 0.655. The van der Waals surface area contributed by atoms with E-state index in [0.29, 0.717) is 0 Å². The van der Waals surface area contributed by atoms with E-state index in [1.54, 1.807) is 0 Å². The molecule has 1 heterocycles. The van der Waals surface area contributed by atoms with Crippen molar-refractivity contribution in [2.45, 2.75) is 81.1 Å². The second kappa shape index (κ2) is 13.4. The lowest BCUT2D eigenvalue weighted by atomic mass is 9.34. The molecule has 2 nitrogen and oxygen atoms in total. The van der Waals surface area contributed by atoms with Gasteiger partial charge in [0.25, 0.3) is 0 Å². The number of nitrogens with zero attached hydrogens (tertiary/aromatic N) is 2. The van der Waals surface area contributed by atoms with Gasteiger partial charge < -0.3 is 0 Å². The summed E-state index contributed by atoms with van der Waals surface area (Å²) in [5, 5.41) is 0. The van der Waals surface area contributed by atoms with Crippen molar-refractivity contribution in [2.24, 2.45) is 0 Å². The van der Waals surface area contributed by atoms with Gasteiger partial charge in [0.15, 0.2) is 0 Å². The molecule has 0 spiro atoms. The third-order valence-electron chi connectivity index (χ3n) is 10.9. The van der Waals surface area contributed by atoms with E-state index in [-0.39, 0.29) is 6.71 Å². The van der Waals surface area contributed by atoms with E-state index in [0.717, 1.165) is 24.2 Å². The molecule has 1 aliphatic rings. The Hall–Kier alpha value is -4.89. The van der Waals surface area contributed by atoms with Gasteiger partial charge in [-0.05, 0) is 121 Å². The van der Waals surface area contributed by atoms with Gasteiger partial charge >= 0.3 is 0 Å². The van der Waals surface area contributed by atoms with E-state index in [4.69, 9.17) is 4.98 Å². The van der Waals surface area contributed by atoms with Gasteiger partial charge in [0.2, 0.25) is 6.71 Å². The second-order valence-electron chi connectivity index (χ2n) is 14.8. The van der Waals surface area contributed by atoms with Crippen LogP contribution in [0, 0.1) is 55.4 Å². The Balaban J connectivity index is 1.42. The van der Waals surface area contributed by atoms with Gasteiger partial charge in [0.1, 0.15) is 5.82 Å². The lowest BCUT2D eigenvalue weighted by Gasteiger charge is -2.25. The molecular weight excluding hydrogens is 603 g/mol. The minimum Gasteiger partial charge on any atom is -0.296 e. The molecule has 0 N–H and O–H groups in total. The van der Waals surface area contributed by atoms with Crippen LogP contribution >= 0.6 is 0 Å². The molecule has 0 aliphatic heterocycles. The van der Waals surface area contributed by atoms with Crippen LogP contribution in [0.1, 0.15) is 74.3 Å². The van der Waals surface area contributed by atoms with E-state index >= 15 is 0 Å². The Labute approximate surface area is 300 Å². The zero-order valence-electron chi connectivity index (χ0n) is 31.2. The second-order valence-corrected chi connectivity index (χ2v) is 14.8. The van der Waals surface area contributed by atoms with Crippen LogP contribution in [0.25, 0.3) is 34.3 Å². The molecule has 7 rings (SSSR count). The van der Waals surface area contributed by atoms with Gasteiger partial charge in [-0.1, -0.05) is 135 Å². The van der Waals surface area contributed by atoms with Gasteiger partial charge in [0.05, 0.1) is 11.4 Å². The van der Waals surface area contributed by atoms with Crippen LogP contribution in [0.5, 0.6) is 0 Å². The predicted octanol–water partition coefficient (Wildman–Crippen LogP) is 9.71. The van der Waals surface area contributed by atoms with Crippen molar-refractivity contribution >= 4 is 29.2 Å². The number of aryl methyl sites for hydroxylation is 9. The number of benzene rings is 5. The number of hydrogen-bond acceptors (Lipinski definition) is 1. The number of imidazole rings is 1. The SMILES string of the molecule is C=Cc1ccc(-c2cc(C)c(-n3c(-c4cccc(B(c5c(C)cc(C)cc5C)c5c(C)cc(C)cc5C)c4)nc4c3CCCC4)c(C)c2)cc1. The molecule has 0 radical (unpaired) electrons. The third-order valence-corrected chi connectivity index (χ3v) is 10.9. The Kier molecular flexibility index (Phi) is 9.03.